The van der Waals surface area contributed by atoms with E-state index in [9.17, 15) is 19.8 Å². The third kappa shape index (κ3) is 4.71. The fourth-order valence-corrected chi connectivity index (χ4v) is 4.89. The van der Waals surface area contributed by atoms with Crippen molar-refractivity contribution in [3.63, 3.8) is 0 Å². The van der Waals surface area contributed by atoms with Gasteiger partial charge in [0.15, 0.2) is 5.78 Å². The van der Waals surface area contributed by atoms with Crippen LogP contribution in [0, 0.1) is 0 Å². The zero-order valence-electron chi connectivity index (χ0n) is 21.1. The second kappa shape index (κ2) is 10.1. The molecular formula is C29H29NO8. The van der Waals surface area contributed by atoms with Crippen LogP contribution < -0.4 is 10.1 Å². The molecule has 0 radical (unpaired) electrons. The highest BCUT2D eigenvalue weighted by Crippen LogP contribution is 2.49. The van der Waals surface area contributed by atoms with E-state index < -0.39 is 30.3 Å². The third-order valence-electron chi connectivity index (χ3n) is 6.96. The summed E-state index contributed by atoms with van der Waals surface area (Å²) < 4.78 is 17.3. The summed E-state index contributed by atoms with van der Waals surface area (Å²) in [6.07, 6.45) is -0.455. The topological polar surface area (TPSA) is 138 Å². The number of para-hydroxylation sites is 1. The molecule has 9 nitrogen and oxygen atoms in total. The minimum Gasteiger partial charge on any atom is -0.495 e. The number of ketones is 1. The van der Waals surface area contributed by atoms with Gasteiger partial charge in [0, 0.05) is 34.5 Å². The summed E-state index contributed by atoms with van der Waals surface area (Å²) >= 11 is 0. The van der Waals surface area contributed by atoms with Crippen LogP contribution in [-0.4, -0.2) is 52.6 Å². The molecule has 2 aliphatic rings. The molecule has 1 amide bonds. The summed E-state index contributed by atoms with van der Waals surface area (Å²) in [6, 6.07) is 13.9. The average molecular weight is 520 g/mol. The second-order valence-electron chi connectivity index (χ2n) is 9.93. The van der Waals surface area contributed by atoms with Gasteiger partial charge in [-0.25, -0.2) is 4.79 Å². The van der Waals surface area contributed by atoms with E-state index in [-0.39, 0.29) is 18.1 Å². The lowest BCUT2D eigenvalue weighted by atomic mass is 9.69. The molecule has 0 saturated carbocycles. The quantitative estimate of drug-likeness (QED) is 0.364. The Kier molecular flexibility index (Phi) is 6.83. The lowest BCUT2D eigenvalue weighted by Gasteiger charge is -2.34. The van der Waals surface area contributed by atoms with E-state index in [4.69, 9.17) is 19.0 Å². The highest BCUT2D eigenvalue weighted by Gasteiger charge is 2.43. The van der Waals surface area contributed by atoms with Crippen molar-refractivity contribution >= 4 is 28.5 Å². The van der Waals surface area contributed by atoms with Crippen molar-refractivity contribution in [2.24, 2.45) is 0 Å². The zero-order valence-corrected chi connectivity index (χ0v) is 21.1. The van der Waals surface area contributed by atoms with E-state index in [2.05, 4.69) is 5.32 Å². The number of aliphatic hydroxyl groups excluding tert-OH is 3. The predicted molar refractivity (Wildman–Crippen MR) is 139 cm³/mol. The first-order chi connectivity index (χ1) is 18.2. The van der Waals surface area contributed by atoms with Crippen molar-refractivity contribution in [2.75, 3.05) is 18.5 Å². The number of aliphatic hydroxyl groups is 3. The van der Waals surface area contributed by atoms with E-state index in [0.717, 1.165) is 5.57 Å². The molecule has 2 aliphatic carbocycles. The van der Waals surface area contributed by atoms with Gasteiger partial charge >= 0.3 is 6.09 Å². The van der Waals surface area contributed by atoms with Crippen molar-refractivity contribution in [3.05, 3.63) is 82.8 Å². The van der Waals surface area contributed by atoms with Crippen LogP contribution in [-0.2, 0) is 10.2 Å². The van der Waals surface area contributed by atoms with E-state index >= 15 is 0 Å². The molecule has 0 aliphatic heterocycles. The Hall–Kier alpha value is -3.92. The lowest BCUT2D eigenvalue weighted by molar-refractivity contribution is -0.0461. The monoisotopic (exact) mass is 519 g/mol. The van der Waals surface area contributed by atoms with Gasteiger partial charge in [0.2, 0.25) is 0 Å². The molecule has 4 N–H and O–H groups in total. The van der Waals surface area contributed by atoms with Gasteiger partial charge in [-0.1, -0.05) is 18.2 Å². The smallest absolute Gasteiger partial charge is 0.417 e. The number of carbonyl (C=O) groups excluding carboxylic acids is 2. The van der Waals surface area contributed by atoms with Gasteiger partial charge < -0.3 is 29.2 Å². The fraction of sp³-hybridized carbons (Fsp3) is 0.310. The SMILES string of the molecule is CC1(C)C2=C(CCC(OC[C@@H](O)[C@H](O)CO)=C2)C(=O)c2c1oc1cc(OC(=O)Nc3ccccc3)ccc21. The highest BCUT2D eigenvalue weighted by molar-refractivity contribution is 6.19. The first kappa shape index (κ1) is 25.7. The minimum atomic E-state index is -1.29. The minimum absolute atomic E-state index is 0.116. The Morgan fingerprint density at radius 2 is 1.87 bits per heavy atom. The van der Waals surface area contributed by atoms with Crippen molar-refractivity contribution in [3.8, 4) is 5.75 Å². The summed E-state index contributed by atoms with van der Waals surface area (Å²) in [5.74, 6) is 1.25. The number of anilines is 1. The Balaban J connectivity index is 1.40. The van der Waals surface area contributed by atoms with Crippen molar-refractivity contribution < 1.29 is 38.8 Å². The number of carbonyl (C=O) groups is 2. The van der Waals surface area contributed by atoms with Gasteiger partial charge in [-0.2, -0.15) is 0 Å². The van der Waals surface area contributed by atoms with Crippen LogP contribution in [0.15, 0.2) is 75.9 Å². The number of nitrogens with one attached hydrogen (secondary N) is 1. The maximum atomic E-state index is 13.6. The van der Waals surface area contributed by atoms with Gasteiger partial charge in [0.25, 0.3) is 0 Å². The maximum absolute atomic E-state index is 13.6. The summed E-state index contributed by atoms with van der Waals surface area (Å²) in [4.78, 5) is 25.9. The normalized spacial score (nSPS) is 17.8. The predicted octanol–water partition coefficient (Wildman–Crippen LogP) is 4.22. The van der Waals surface area contributed by atoms with E-state index in [1.54, 1.807) is 48.5 Å². The summed E-state index contributed by atoms with van der Waals surface area (Å²) in [7, 11) is 0. The largest absolute Gasteiger partial charge is 0.495 e. The van der Waals surface area contributed by atoms with Crippen LogP contribution in [0.25, 0.3) is 11.0 Å². The van der Waals surface area contributed by atoms with Crippen molar-refractivity contribution in [2.45, 2.75) is 44.3 Å². The highest BCUT2D eigenvalue weighted by atomic mass is 16.6. The molecular weight excluding hydrogens is 490 g/mol. The molecule has 9 heteroatoms. The van der Waals surface area contributed by atoms with E-state index in [1.165, 1.54) is 0 Å². The van der Waals surface area contributed by atoms with E-state index in [1.807, 2.05) is 19.9 Å². The number of rotatable bonds is 7. The van der Waals surface area contributed by atoms with Gasteiger partial charge in [0.05, 0.1) is 17.9 Å². The van der Waals surface area contributed by atoms with E-state index in [0.29, 0.717) is 52.2 Å². The number of amides is 1. The number of allylic oxidation sites excluding steroid dienone is 4. The molecule has 1 heterocycles. The molecule has 0 spiro atoms. The standard InChI is InChI=1S/C29H29NO8/c1-29(2)21-12-17(36-15-23(33)22(32)14-31)8-10-19(21)26(34)25-20-11-9-18(13-24(20)38-27(25)29)37-28(35)30-16-6-4-3-5-7-16/h3-7,9,11-13,22-23,31-33H,8,10,14-15H2,1-2H3,(H,30,35)/t22-,23-/m1/s1. The van der Waals surface area contributed by atoms with Crippen molar-refractivity contribution in [1.29, 1.82) is 0 Å². The molecule has 0 saturated heterocycles. The molecule has 2 atom stereocenters. The number of benzene rings is 2. The Morgan fingerprint density at radius 3 is 2.61 bits per heavy atom. The molecule has 0 unspecified atom stereocenters. The Bertz CT molecular complexity index is 1450. The molecule has 0 fully saturated rings. The molecule has 5 rings (SSSR count). The number of furan rings is 1. The van der Waals surface area contributed by atoms with Crippen LogP contribution in [0.3, 0.4) is 0 Å². The second-order valence-corrected chi connectivity index (χ2v) is 9.93. The molecule has 1 aromatic heterocycles. The van der Waals surface area contributed by atoms with Crippen LogP contribution in [0.1, 0.15) is 42.8 Å². The van der Waals surface area contributed by atoms with Gasteiger partial charge in [0.1, 0.15) is 35.9 Å². The molecule has 3 aromatic rings. The zero-order chi connectivity index (χ0) is 27.0. The van der Waals surface area contributed by atoms with Crippen LogP contribution in [0.4, 0.5) is 10.5 Å². The molecule has 2 aromatic carbocycles. The molecule has 38 heavy (non-hydrogen) atoms. The van der Waals surface area contributed by atoms with Gasteiger partial charge in [-0.15, -0.1) is 0 Å². The fourth-order valence-electron chi connectivity index (χ4n) is 4.89. The number of hydrogen-bond donors (Lipinski definition) is 4. The van der Waals surface area contributed by atoms with Gasteiger partial charge in [-0.3, -0.25) is 10.1 Å². The van der Waals surface area contributed by atoms with Crippen LogP contribution in [0.5, 0.6) is 5.75 Å². The first-order valence-corrected chi connectivity index (χ1v) is 12.4. The maximum Gasteiger partial charge on any atom is 0.417 e. The number of Topliss-reactive ketones (excluding diaryl/α,β-unsaturated/α-hetero) is 1. The molecule has 0 bridgehead atoms. The Morgan fingerprint density at radius 1 is 1.11 bits per heavy atom. The first-order valence-electron chi connectivity index (χ1n) is 12.4. The third-order valence-corrected chi connectivity index (χ3v) is 6.96. The lowest BCUT2D eigenvalue weighted by Crippen LogP contribution is -2.34. The van der Waals surface area contributed by atoms with Crippen LogP contribution >= 0.6 is 0 Å². The number of hydrogen-bond acceptors (Lipinski definition) is 8. The Labute approximate surface area is 219 Å². The number of fused-ring (bicyclic) bond motifs is 3. The van der Waals surface area contributed by atoms with Crippen molar-refractivity contribution in [1.82, 2.24) is 0 Å². The average Bonchev–Trinajstić information content (AvgIpc) is 3.30. The van der Waals surface area contributed by atoms with Crippen LogP contribution in [0.2, 0.25) is 0 Å². The number of ether oxygens (including phenoxy) is 2. The summed E-state index contributed by atoms with van der Waals surface area (Å²) in [5.41, 5.74) is 2.32. The summed E-state index contributed by atoms with van der Waals surface area (Å²) in [6.45, 7) is 3.18. The molecule has 198 valence electrons. The van der Waals surface area contributed by atoms with Gasteiger partial charge in [-0.05, 0) is 56.2 Å². The summed E-state index contributed by atoms with van der Waals surface area (Å²) in [5, 5.41) is 31.8.